The van der Waals surface area contributed by atoms with Gasteiger partial charge in [-0.05, 0) is 36.2 Å². The molecule has 0 aliphatic heterocycles. The molecule has 0 aliphatic rings. The van der Waals surface area contributed by atoms with Gasteiger partial charge in [0.15, 0.2) is 16.8 Å². The molecule has 4 aromatic rings. The van der Waals surface area contributed by atoms with E-state index in [0.717, 1.165) is 35.5 Å². The number of pyridine rings is 1. The van der Waals surface area contributed by atoms with Crippen molar-refractivity contribution < 1.29 is 4.79 Å². The van der Waals surface area contributed by atoms with Gasteiger partial charge in [-0.3, -0.25) is 14.3 Å². The summed E-state index contributed by atoms with van der Waals surface area (Å²) in [5.41, 5.74) is 3.86. The third-order valence-electron chi connectivity index (χ3n) is 4.73. The van der Waals surface area contributed by atoms with E-state index in [1.165, 1.54) is 17.3 Å². The predicted octanol–water partition coefficient (Wildman–Crippen LogP) is 5.26. The highest BCUT2D eigenvalue weighted by Crippen LogP contribution is 2.28. The summed E-state index contributed by atoms with van der Waals surface area (Å²) in [6, 6.07) is 21.6. The first-order valence-corrected chi connectivity index (χ1v) is 10.9. The SMILES string of the molecule is CCCc1ccc(C(=O)CSc2nnc(-c3ccncc3)n2-c2ccccc2)cc1. The summed E-state index contributed by atoms with van der Waals surface area (Å²) < 4.78 is 1.98. The second-order valence-electron chi connectivity index (χ2n) is 6.87. The summed E-state index contributed by atoms with van der Waals surface area (Å²) >= 11 is 1.40. The molecule has 0 amide bonds. The lowest BCUT2D eigenvalue weighted by molar-refractivity contribution is 0.102. The van der Waals surface area contributed by atoms with Gasteiger partial charge in [-0.2, -0.15) is 0 Å². The standard InChI is InChI=1S/C24H22N4OS/c1-2-6-18-9-11-19(12-10-18)22(29)17-30-24-27-26-23(20-13-15-25-16-14-20)28(24)21-7-4-3-5-8-21/h3-5,7-16H,2,6,17H2,1H3. The number of aryl methyl sites for hydroxylation is 1. The monoisotopic (exact) mass is 414 g/mol. The minimum atomic E-state index is 0.0797. The molecule has 0 unspecified atom stereocenters. The Bertz CT molecular complexity index is 1110. The van der Waals surface area contributed by atoms with Crippen molar-refractivity contribution in [3.63, 3.8) is 0 Å². The topological polar surface area (TPSA) is 60.7 Å². The number of thioether (sulfide) groups is 1. The van der Waals surface area contributed by atoms with Crippen molar-refractivity contribution in [2.45, 2.75) is 24.9 Å². The molecule has 0 bridgehead atoms. The number of hydrogen-bond acceptors (Lipinski definition) is 5. The van der Waals surface area contributed by atoms with Crippen LogP contribution in [0.3, 0.4) is 0 Å². The zero-order valence-corrected chi connectivity index (χ0v) is 17.5. The molecule has 0 spiro atoms. The van der Waals surface area contributed by atoms with Gasteiger partial charge in [0, 0.05) is 29.2 Å². The summed E-state index contributed by atoms with van der Waals surface area (Å²) in [6.45, 7) is 2.15. The number of nitrogens with zero attached hydrogens (tertiary/aromatic N) is 4. The molecule has 4 rings (SSSR count). The molecule has 0 aliphatic carbocycles. The van der Waals surface area contributed by atoms with Crippen LogP contribution >= 0.6 is 11.8 Å². The molecule has 0 N–H and O–H groups in total. The van der Waals surface area contributed by atoms with Crippen molar-refractivity contribution >= 4 is 17.5 Å². The van der Waals surface area contributed by atoms with Gasteiger partial charge in [-0.15, -0.1) is 10.2 Å². The highest BCUT2D eigenvalue weighted by atomic mass is 32.2. The maximum atomic E-state index is 12.7. The molecule has 0 saturated heterocycles. The summed E-state index contributed by atoms with van der Waals surface area (Å²) in [6.07, 6.45) is 5.59. The number of hydrogen-bond donors (Lipinski definition) is 0. The van der Waals surface area contributed by atoms with Crippen LogP contribution in [-0.2, 0) is 6.42 Å². The number of rotatable bonds is 8. The lowest BCUT2D eigenvalue weighted by Gasteiger charge is -2.10. The first-order valence-electron chi connectivity index (χ1n) is 9.92. The van der Waals surface area contributed by atoms with E-state index in [0.29, 0.717) is 10.9 Å². The highest BCUT2D eigenvalue weighted by Gasteiger charge is 2.17. The molecule has 2 heterocycles. The van der Waals surface area contributed by atoms with Gasteiger partial charge < -0.3 is 0 Å². The van der Waals surface area contributed by atoms with Crippen molar-refractivity contribution in [2.24, 2.45) is 0 Å². The van der Waals surface area contributed by atoms with Gasteiger partial charge in [0.2, 0.25) is 0 Å². The van der Waals surface area contributed by atoms with Gasteiger partial charge in [-0.25, -0.2) is 0 Å². The van der Waals surface area contributed by atoms with E-state index in [2.05, 4.69) is 22.1 Å². The van der Waals surface area contributed by atoms with Crippen LogP contribution in [0.5, 0.6) is 0 Å². The summed E-state index contributed by atoms with van der Waals surface area (Å²) in [7, 11) is 0. The third kappa shape index (κ3) is 4.49. The van der Waals surface area contributed by atoms with Crippen molar-refractivity contribution in [1.29, 1.82) is 0 Å². The molecular formula is C24H22N4OS. The quantitative estimate of drug-likeness (QED) is 0.291. The van der Waals surface area contributed by atoms with E-state index in [1.54, 1.807) is 12.4 Å². The number of ketones is 1. The first kappa shape index (κ1) is 20.0. The molecular weight excluding hydrogens is 392 g/mol. The highest BCUT2D eigenvalue weighted by molar-refractivity contribution is 7.99. The van der Waals surface area contributed by atoms with Crippen LogP contribution in [0, 0.1) is 0 Å². The predicted molar refractivity (Wildman–Crippen MR) is 120 cm³/mol. The van der Waals surface area contributed by atoms with Crippen LogP contribution < -0.4 is 0 Å². The summed E-state index contributed by atoms with van der Waals surface area (Å²) in [5.74, 6) is 1.10. The molecule has 2 aromatic heterocycles. The minimum absolute atomic E-state index is 0.0797. The number of para-hydroxylation sites is 1. The lowest BCUT2D eigenvalue weighted by Crippen LogP contribution is -2.05. The Hall–Kier alpha value is -3.25. The molecule has 5 nitrogen and oxygen atoms in total. The zero-order chi connectivity index (χ0) is 20.8. The van der Waals surface area contributed by atoms with Crippen LogP contribution in [0.1, 0.15) is 29.3 Å². The fourth-order valence-corrected chi connectivity index (χ4v) is 4.07. The second-order valence-corrected chi connectivity index (χ2v) is 7.81. The molecule has 150 valence electrons. The van der Waals surface area contributed by atoms with Gasteiger partial charge in [0.25, 0.3) is 0 Å². The maximum absolute atomic E-state index is 12.7. The number of Topliss-reactive ketones (excluding diaryl/α,β-unsaturated/α-hetero) is 1. The minimum Gasteiger partial charge on any atom is -0.293 e. The van der Waals surface area contributed by atoms with Gasteiger partial charge >= 0.3 is 0 Å². The van der Waals surface area contributed by atoms with E-state index < -0.39 is 0 Å². The lowest BCUT2D eigenvalue weighted by atomic mass is 10.1. The van der Waals surface area contributed by atoms with Crippen molar-refractivity contribution in [1.82, 2.24) is 19.7 Å². The third-order valence-corrected chi connectivity index (χ3v) is 5.66. The largest absolute Gasteiger partial charge is 0.293 e. The molecule has 0 saturated carbocycles. The zero-order valence-electron chi connectivity index (χ0n) is 16.7. The normalized spacial score (nSPS) is 10.8. The molecule has 0 fully saturated rings. The van der Waals surface area contributed by atoms with Crippen LogP contribution in [0.2, 0.25) is 0 Å². The van der Waals surface area contributed by atoms with Crippen LogP contribution in [0.15, 0.2) is 84.3 Å². The Labute approximate surface area is 180 Å². The second kappa shape index (κ2) is 9.50. The van der Waals surface area contributed by atoms with Gasteiger partial charge in [-0.1, -0.05) is 67.6 Å². The molecule has 30 heavy (non-hydrogen) atoms. The molecule has 2 aromatic carbocycles. The van der Waals surface area contributed by atoms with E-state index in [-0.39, 0.29) is 5.78 Å². The van der Waals surface area contributed by atoms with Crippen LogP contribution in [0.25, 0.3) is 17.1 Å². The fraction of sp³-hybridized carbons (Fsp3) is 0.167. The Kier molecular flexibility index (Phi) is 6.35. The first-order chi connectivity index (χ1) is 14.8. The van der Waals surface area contributed by atoms with Crippen molar-refractivity contribution in [3.05, 3.63) is 90.3 Å². The molecule has 6 heteroatoms. The van der Waals surface area contributed by atoms with Gasteiger partial charge in [0.1, 0.15) is 0 Å². The Morgan fingerprint density at radius 2 is 1.67 bits per heavy atom. The Morgan fingerprint density at radius 3 is 2.37 bits per heavy atom. The van der Waals surface area contributed by atoms with Crippen LogP contribution in [0.4, 0.5) is 0 Å². The van der Waals surface area contributed by atoms with E-state index in [4.69, 9.17) is 0 Å². The van der Waals surface area contributed by atoms with Crippen molar-refractivity contribution in [3.8, 4) is 17.1 Å². The maximum Gasteiger partial charge on any atom is 0.196 e. The van der Waals surface area contributed by atoms with E-state index in [1.807, 2.05) is 71.3 Å². The number of carbonyl (C=O) groups is 1. The van der Waals surface area contributed by atoms with Crippen molar-refractivity contribution in [2.75, 3.05) is 5.75 Å². The number of aromatic nitrogens is 4. The molecule has 0 atom stereocenters. The van der Waals surface area contributed by atoms with E-state index in [9.17, 15) is 4.79 Å². The average Bonchev–Trinajstić information content (AvgIpc) is 3.23. The molecule has 0 radical (unpaired) electrons. The fourth-order valence-electron chi connectivity index (χ4n) is 3.22. The smallest absolute Gasteiger partial charge is 0.196 e. The summed E-state index contributed by atoms with van der Waals surface area (Å²) in [4.78, 5) is 16.8. The summed E-state index contributed by atoms with van der Waals surface area (Å²) in [5, 5.41) is 9.46. The number of benzene rings is 2. The number of carbonyl (C=O) groups excluding carboxylic acids is 1. The van der Waals surface area contributed by atoms with E-state index >= 15 is 0 Å². The van der Waals surface area contributed by atoms with Gasteiger partial charge in [0.05, 0.1) is 5.75 Å². The average molecular weight is 415 g/mol. The van der Waals surface area contributed by atoms with Crippen LogP contribution in [-0.4, -0.2) is 31.3 Å². The Balaban J connectivity index is 1.58. The Morgan fingerprint density at radius 1 is 0.933 bits per heavy atom.